The lowest BCUT2D eigenvalue weighted by molar-refractivity contribution is 0.103. The summed E-state index contributed by atoms with van der Waals surface area (Å²) in [5.41, 5.74) is 6.49. The van der Waals surface area contributed by atoms with Gasteiger partial charge in [0.2, 0.25) is 5.78 Å². The third kappa shape index (κ3) is 3.30. The molecule has 0 spiro atoms. The molecule has 7 heteroatoms. The molecule has 0 bridgehead atoms. The number of ketones is 1. The highest BCUT2D eigenvalue weighted by molar-refractivity contribution is 7.99. The van der Waals surface area contributed by atoms with Crippen molar-refractivity contribution < 1.29 is 14.3 Å². The highest BCUT2D eigenvalue weighted by atomic mass is 32.2. The summed E-state index contributed by atoms with van der Waals surface area (Å²) in [6, 6.07) is 5.00. The Morgan fingerprint density at radius 1 is 1.27 bits per heavy atom. The first-order chi connectivity index (χ1) is 10.6. The normalized spacial score (nSPS) is 10.3. The van der Waals surface area contributed by atoms with Gasteiger partial charge in [-0.05, 0) is 24.0 Å². The Hall–Kier alpha value is -2.28. The zero-order chi connectivity index (χ0) is 16.1. The summed E-state index contributed by atoms with van der Waals surface area (Å²) in [7, 11) is 3.03. The molecule has 0 saturated heterocycles. The number of rotatable bonds is 6. The molecule has 0 amide bonds. The van der Waals surface area contributed by atoms with Gasteiger partial charge in [0.1, 0.15) is 17.3 Å². The van der Waals surface area contributed by atoms with Crippen molar-refractivity contribution in [3.05, 3.63) is 35.5 Å². The van der Waals surface area contributed by atoms with Crippen molar-refractivity contribution in [3.8, 4) is 11.5 Å². The molecular weight excluding hydrogens is 302 g/mol. The number of nitrogen functional groups attached to an aromatic ring is 1. The number of thioether (sulfide) groups is 1. The van der Waals surface area contributed by atoms with Crippen LogP contribution in [0.4, 0.5) is 5.82 Å². The van der Waals surface area contributed by atoms with Crippen LogP contribution in [0.5, 0.6) is 11.5 Å². The first-order valence-corrected chi connectivity index (χ1v) is 7.61. The van der Waals surface area contributed by atoms with E-state index >= 15 is 0 Å². The lowest BCUT2D eigenvalue weighted by atomic mass is 10.0. The Bertz CT molecular complexity index is 692. The van der Waals surface area contributed by atoms with Gasteiger partial charge in [0.25, 0.3) is 0 Å². The topological polar surface area (TPSA) is 87.3 Å². The summed E-state index contributed by atoms with van der Waals surface area (Å²) in [6.45, 7) is 1.99. The summed E-state index contributed by atoms with van der Waals surface area (Å²) in [5.74, 6) is 1.68. The predicted octanol–water partition coefficient (Wildman–Crippen LogP) is 2.42. The number of aromatic nitrogens is 2. The van der Waals surface area contributed by atoms with Crippen LogP contribution in [-0.4, -0.2) is 35.7 Å². The Morgan fingerprint density at radius 3 is 2.64 bits per heavy atom. The number of carbonyl (C=O) groups is 1. The van der Waals surface area contributed by atoms with Gasteiger partial charge >= 0.3 is 0 Å². The second-order valence-electron chi connectivity index (χ2n) is 4.28. The van der Waals surface area contributed by atoms with Crippen LogP contribution in [0, 0.1) is 0 Å². The number of ether oxygens (including phenoxy) is 2. The average Bonchev–Trinajstić information content (AvgIpc) is 2.54. The smallest absolute Gasteiger partial charge is 0.202 e. The van der Waals surface area contributed by atoms with E-state index in [0.29, 0.717) is 22.2 Å². The Balaban J connectivity index is 2.43. The lowest BCUT2D eigenvalue weighted by Crippen LogP contribution is -2.10. The zero-order valence-electron chi connectivity index (χ0n) is 12.6. The molecule has 1 aromatic heterocycles. The molecule has 0 atom stereocenters. The average molecular weight is 319 g/mol. The van der Waals surface area contributed by atoms with Crippen molar-refractivity contribution in [2.45, 2.75) is 12.1 Å². The molecule has 0 fully saturated rings. The van der Waals surface area contributed by atoms with E-state index in [1.807, 2.05) is 6.92 Å². The van der Waals surface area contributed by atoms with Crippen molar-refractivity contribution in [1.29, 1.82) is 0 Å². The third-order valence-electron chi connectivity index (χ3n) is 2.97. The minimum absolute atomic E-state index is 0.154. The van der Waals surface area contributed by atoms with E-state index < -0.39 is 0 Å². The molecule has 0 saturated carbocycles. The molecule has 22 heavy (non-hydrogen) atoms. The van der Waals surface area contributed by atoms with Crippen LogP contribution in [0.25, 0.3) is 0 Å². The maximum Gasteiger partial charge on any atom is 0.202 e. The van der Waals surface area contributed by atoms with Gasteiger partial charge in [0, 0.05) is 6.20 Å². The van der Waals surface area contributed by atoms with E-state index in [-0.39, 0.29) is 17.2 Å². The van der Waals surface area contributed by atoms with E-state index in [0.717, 1.165) is 5.75 Å². The first-order valence-electron chi connectivity index (χ1n) is 6.62. The van der Waals surface area contributed by atoms with Gasteiger partial charge in [-0.3, -0.25) is 4.79 Å². The van der Waals surface area contributed by atoms with Crippen LogP contribution in [-0.2, 0) is 0 Å². The molecule has 1 aromatic carbocycles. The molecule has 2 rings (SSSR count). The van der Waals surface area contributed by atoms with E-state index in [1.165, 1.54) is 32.2 Å². The first kappa shape index (κ1) is 16.1. The second-order valence-corrected chi connectivity index (χ2v) is 5.51. The molecule has 2 N–H and O–H groups in total. The number of hydrogen-bond acceptors (Lipinski definition) is 7. The summed E-state index contributed by atoms with van der Waals surface area (Å²) >= 11 is 1.46. The number of nitrogens with two attached hydrogens (primary N) is 1. The van der Waals surface area contributed by atoms with E-state index in [9.17, 15) is 4.79 Å². The molecule has 2 aromatic rings. The molecule has 0 unspecified atom stereocenters. The molecule has 6 nitrogen and oxygen atoms in total. The van der Waals surface area contributed by atoms with Crippen LogP contribution in [0.3, 0.4) is 0 Å². The zero-order valence-corrected chi connectivity index (χ0v) is 13.4. The molecule has 0 aliphatic carbocycles. The Morgan fingerprint density at radius 2 is 2.05 bits per heavy atom. The van der Waals surface area contributed by atoms with Gasteiger partial charge in [-0.25, -0.2) is 9.97 Å². The predicted molar refractivity (Wildman–Crippen MR) is 85.8 cm³/mol. The number of hydrogen-bond donors (Lipinski definition) is 1. The van der Waals surface area contributed by atoms with Crippen LogP contribution in [0.1, 0.15) is 22.8 Å². The maximum absolute atomic E-state index is 12.7. The number of carbonyl (C=O) groups excluding carboxylic acids is 1. The monoisotopic (exact) mass is 319 g/mol. The number of methoxy groups -OCH3 is 2. The Labute approximate surface area is 133 Å². The van der Waals surface area contributed by atoms with E-state index in [4.69, 9.17) is 15.2 Å². The molecule has 0 aliphatic heterocycles. The fourth-order valence-electron chi connectivity index (χ4n) is 1.89. The maximum atomic E-state index is 12.7. The fourth-order valence-corrected chi connectivity index (χ4v) is 2.44. The van der Waals surface area contributed by atoms with Crippen molar-refractivity contribution in [2.24, 2.45) is 0 Å². The van der Waals surface area contributed by atoms with Gasteiger partial charge in [-0.1, -0.05) is 18.7 Å². The summed E-state index contributed by atoms with van der Waals surface area (Å²) < 4.78 is 10.4. The third-order valence-corrected chi connectivity index (χ3v) is 3.71. The largest absolute Gasteiger partial charge is 0.497 e. The molecule has 0 radical (unpaired) electrons. The van der Waals surface area contributed by atoms with Crippen molar-refractivity contribution in [3.63, 3.8) is 0 Å². The molecule has 116 valence electrons. The minimum Gasteiger partial charge on any atom is -0.497 e. The lowest BCUT2D eigenvalue weighted by Gasteiger charge is -2.10. The highest BCUT2D eigenvalue weighted by Gasteiger charge is 2.19. The SMILES string of the molecule is CCSc1ncc(C(=O)c2cc(OC)ccc2OC)c(N)n1. The molecule has 0 aliphatic rings. The summed E-state index contributed by atoms with van der Waals surface area (Å²) in [4.78, 5) is 21.0. The Kier molecular flexibility index (Phi) is 5.21. The van der Waals surface area contributed by atoms with Gasteiger partial charge in [0.15, 0.2) is 5.16 Å². The molecular formula is C15H17N3O3S. The van der Waals surface area contributed by atoms with Crippen molar-refractivity contribution >= 4 is 23.4 Å². The van der Waals surface area contributed by atoms with Crippen molar-refractivity contribution in [2.75, 3.05) is 25.7 Å². The number of anilines is 1. The minimum atomic E-state index is -0.304. The highest BCUT2D eigenvalue weighted by Crippen LogP contribution is 2.28. The van der Waals surface area contributed by atoms with E-state index in [2.05, 4.69) is 9.97 Å². The summed E-state index contributed by atoms with van der Waals surface area (Å²) in [5, 5.41) is 0.550. The van der Waals surface area contributed by atoms with Crippen LogP contribution < -0.4 is 15.2 Å². The van der Waals surface area contributed by atoms with E-state index in [1.54, 1.807) is 18.2 Å². The standard InChI is InChI=1S/C15H17N3O3S/c1-4-22-15-17-8-11(14(16)18-15)13(19)10-7-9(20-2)5-6-12(10)21-3/h5-8H,4H2,1-3H3,(H2,16,17,18). The number of benzene rings is 1. The van der Waals surface area contributed by atoms with Crippen LogP contribution >= 0.6 is 11.8 Å². The fraction of sp³-hybridized carbons (Fsp3) is 0.267. The summed E-state index contributed by atoms with van der Waals surface area (Å²) in [6.07, 6.45) is 1.45. The van der Waals surface area contributed by atoms with Gasteiger partial charge in [-0.15, -0.1) is 0 Å². The van der Waals surface area contributed by atoms with Crippen LogP contribution in [0.2, 0.25) is 0 Å². The second kappa shape index (κ2) is 7.13. The number of nitrogens with zero attached hydrogens (tertiary/aromatic N) is 2. The van der Waals surface area contributed by atoms with Gasteiger partial charge in [0.05, 0.1) is 25.3 Å². The van der Waals surface area contributed by atoms with Crippen LogP contribution in [0.15, 0.2) is 29.6 Å². The molecule has 1 heterocycles. The van der Waals surface area contributed by atoms with Crippen molar-refractivity contribution in [1.82, 2.24) is 9.97 Å². The van der Waals surface area contributed by atoms with Gasteiger partial charge < -0.3 is 15.2 Å². The quantitative estimate of drug-likeness (QED) is 0.497. The van der Waals surface area contributed by atoms with Gasteiger partial charge in [-0.2, -0.15) is 0 Å².